The van der Waals surface area contributed by atoms with E-state index in [-0.39, 0.29) is 29.8 Å². The molecule has 2 atom stereocenters. The van der Waals surface area contributed by atoms with Crippen LogP contribution in [0.15, 0.2) is 22.7 Å². The molecule has 0 radical (unpaired) electrons. The summed E-state index contributed by atoms with van der Waals surface area (Å²) >= 11 is 3.15. The Labute approximate surface area is 137 Å². The van der Waals surface area contributed by atoms with Crippen LogP contribution in [-0.4, -0.2) is 42.5 Å². The Kier molecular flexibility index (Phi) is 5.39. The van der Waals surface area contributed by atoms with Crippen LogP contribution in [0.2, 0.25) is 0 Å². The maximum Gasteiger partial charge on any atom is 0.315 e. The van der Waals surface area contributed by atoms with E-state index in [4.69, 9.17) is 0 Å². The number of nitrogens with zero attached hydrogens (tertiary/aromatic N) is 1. The summed E-state index contributed by atoms with van der Waals surface area (Å²) in [5, 5.41) is 5.63. The van der Waals surface area contributed by atoms with E-state index in [9.17, 15) is 14.0 Å². The molecule has 1 aliphatic rings. The SMILES string of the molecule is CC(Cc1ccc(F)c(Br)c1)NC(=O)NC1CC(=O)N(C)C1. The number of likely N-dealkylation sites (N-methyl/N-ethyl adjacent to an activating group) is 1. The molecule has 0 aliphatic carbocycles. The number of amides is 3. The zero-order valence-electron chi connectivity index (χ0n) is 12.5. The van der Waals surface area contributed by atoms with Gasteiger partial charge in [0.05, 0.1) is 10.5 Å². The predicted octanol–water partition coefficient (Wildman–Crippen LogP) is 2.05. The summed E-state index contributed by atoms with van der Waals surface area (Å²) in [5.41, 5.74) is 0.928. The molecule has 1 aromatic carbocycles. The van der Waals surface area contributed by atoms with Crippen LogP contribution in [0.5, 0.6) is 0 Å². The molecule has 5 nitrogen and oxygen atoms in total. The molecule has 2 N–H and O–H groups in total. The zero-order valence-corrected chi connectivity index (χ0v) is 14.1. The minimum Gasteiger partial charge on any atom is -0.344 e. The van der Waals surface area contributed by atoms with E-state index in [0.717, 1.165) is 5.56 Å². The van der Waals surface area contributed by atoms with Gasteiger partial charge in [0.25, 0.3) is 0 Å². The largest absolute Gasteiger partial charge is 0.344 e. The zero-order chi connectivity index (χ0) is 16.3. The van der Waals surface area contributed by atoms with Crippen LogP contribution in [0.3, 0.4) is 0 Å². The van der Waals surface area contributed by atoms with Crippen molar-refractivity contribution in [2.24, 2.45) is 0 Å². The number of hydrogen-bond acceptors (Lipinski definition) is 2. The van der Waals surface area contributed by atoms with Crippen molar-refractivity contribution in [3.63, 3.8) is 0 Å². The Morgan fingerprint density at radius 1 is 1.55 bits per heavy atom. The fourth-order valence-electron chi connectivity index (χ4n) is 2.48. The van der Waals surface area contributed by atoms with Gasteiger partial charge >= 0.3 is 6.03 Å². The van der Waals surface area contributed by atoms with E-state index in [1.807, 2.05) is 6.92 Å². The minimum atomic E-state index is -0.308. The molecule has 1 heterocycles. The summed E-state index contributed by atoms with van der Waals surface area (Å²) < 4.78 is 13.6. The standard InChI is InChI=1S/C15H19BrFN3O2/c1-9(5-10-3-4-13(17)12(16)6-10)18-15(22)19-11-7-14(21)20(2)8-11/h3-4,6,9,11H,5,7-8H2,1-2H3,(H2,18,19,22). The van der Waals surface area contributed by atoms with Crippen molar-refractivity contribution < 1.29 is 14.0 Å². The maximum absolute atomic E-state index is 13.2. The first-order valence-electron chi connectivity index (χ1n) is 7.10. The molecule has 22 heavy (non-hydrogen) atoms. The van der Waals surface area contributed by atoms with Gasteiger partial charge in [-0.2, -0.15) is 0 Å². The van der Waals surface area contributed by atoms with E-state index in [1.165, 1.54) is 6.07 Å². The second-order valence-corrected chi connectivity index (χ2v) is 6.50. The van der Waals surface area contributed by atoms with Crippen molar-refractivity contribution >= 4 is 27.9 Å². The number of carbonyl (C=O) groups is 2. The Morgan fingerprint density at radius 3 is 2.86 bits per heavy atom. The van der Waals surface area contributed by atoms with Gasteiger partial charge in [-0.3, -0.25) is 4.79 Å². The van der Waals surface area contributed by atoms with Crippen LogP contribution in [0, 0.1) is 5.82 Å². The highest BCUT2D eigenvalue weighted by atomic mass is 79.9. The maximum atomic E-state index is 13.2. The summed E-state index contributed by atoms with van der Waals surface area (Å²) in [4.78, 5) is 24.9. The molecule has 0 aromatic heterocycles. The summed E-state index contributed by atoms with van der Waals surface area (Å²) in [7, 11) is 1.72. The second kappa shape index (κ2) is 7.09. The Hall–Kier alpha value is -1.63. The molecule has 0 bridgehead atoms. The van der Waals surface area contributed by atoms with Crippen molar-refractivity contribution in [3.05, 3.63) is 34.1 Å². The molecule has 1 aliphatic heterocycles. The summed E-state index contributed by atoms with van der Waals surface area (Å²) in [6.07, 6.45) is 0.930. The van der Waals surface area contributed by atoms with E-state index in [1.54, 1.807) is 24.1 Å². The highest BCUT2D eigenvalue weighted by Crippen LogP contribution is 2.17. The van der Waals surface area contributed by atoms with E-state index in [0.29, 0.717) is 23.9 Å². The average Bonchev–Trinajstić information content (AvgIpc) is 2.72. The lowest BCUT2D eigenvalue weighted by molar-refractivity contribution is -0.126. The minimum absolute atomic E-state index is 0.0366. The topological polar surface area (TPSA) is 61.4 Å². The van der Waals surface area contributed by atoms with Gasteiger partial charge in [0.15, 0.2) is 0 Å². The van der Waals surface area contributed by atoms with Crippen LogP contribution in [0.4, 0.5) is 9.18 Å². The second-order valence-electron chi connectivity index (χ2n) is 5.65. The number of halogens is 2. The van der Waals surface area contributed by atoms with Crippen molar-refractivity contribution in [2.45, 2.75) is 31.8 Å². The molecule has 2 unspecified atom stereocenters. The molecular formula is C15H19BrFN3O2. The van der Waals surface area contributed by atoms with Crippen molar-refractivity contribution in [1.29, 1.82) is 0 Å². The van der Waals surface area contributed by atoms with Crippen molar-refractivity contribution in [3.8, 4) is 0 Å². The van der Waals surface area contributed by atoms with E-state index >= 15 is 0 Å². The Morgan fingerprint density at radius 2 is 2.27 bits per heavy atom. The van der Waals surface area contributed by atoms with Crippen molar-refractivity contribution in [1.82, 2.24) is 15.5 Å². The lowest BCUT2D eigenvalue weighted by atomic mass is 10.1. The molecular weight excluding hydrogens is 353 g/mol. The molecule has 120 valence electrons. The van der Waals surface area contributed by atoms with Gasteiger partial charge in [0.2, 0.25) is 5.91 Å². The number of benzene rings is 1. The highest BCUT2D eigenvalue weighted by molar-refractivity contribution is 9.10. The normalized spacial score (nSPS) is 19.2. The monoisotopic (exact) mass is 371 g/mol. The van der Waals surface area contributed by atoms with Gasteiger partial charge < -0.3 is 15.5 Å². The average molecular weight is 372 g/mol. The number of urea groups is 1. The molecule has 0 saturated carbocycles. The molecule has 0 spiro atoms. The lowest BCUT2D eigenvalue weighted by Gasteiger charge is -2.17. The molecule has 7 heteroatoms. The third-order valence-electron chi connectivity index (χ3n) is 3.58. The number of hydrogen-bond donors (Lipinski definition) is 2. The molecule has 3 amide bonds. The first-order valence-corrected chi connectivity index (χ1v) is 7.89. The van der Waals surface area contributed by atoms with Gasteiger partial charge in [0.1, 0.15) is 5.82 Å². The third-order valence-corrected chi connectivity index (χ3v) is 4.19. The summed E-state index contributed by atoms with van der Waals surface area (Å²) in [5.74, 6) is -0.272. The number of nitrogens with one attached hydrogen (secondary N) is 2. The molecule has 1 saturated heterocycles. The Bertz CT molecular complexity index is 582. The van der Waals surface area contributed by atoms with Gasteiger partial charge in [-0.25, -0.2) is 9.18 Å². The highest BCUT2D eigenvalue weighted by Gasteiger charge is 2.27. The quantitative estimate of drug-likeness (QED) is 0.850. The first-order chi connectivity index (χ1) is 10.3. The Balaban J connectivity index is 1.81. The summed E-state index contributed by atoms with van der Waals surface area (Å²) in [6.45, 7) is 2.41. The van der Waals surface area contributed by atoms with E-state index < -0.39 is 0 Å². The smallest absolute Gasteiger partial charge is 0.315 e. The molecule has 2 rings (SSSR count). The van der Waals surface area contributed by atoms with Crippen LogP contribution in [0.1, 0.15) is 18.9 Å². The fourth-order valence-corrected chi connectivity index (χ4v) is 2.91. The third kappa shape index (κ3) is 4.43. The van der Waals surface area contributed by atoms with Crippen LogP contribution < -0.4 is 10.6 Å². The van der Waals surface area contributed by atoms with Gasteiger partial charge in [0, 0.05) is 26.1 Å². The van der Waals surface area contributed by atoms with E-state index in [2.05, 4.69) is 26.6 Å². The van der Waals surface area contributed by atoms with Crippen LogP contribution >= 0.6 is 15.9 Å². The fraction of sp³-hybridized carbons (Fsp3) is 0.467. The summed E-state index contributed by atoms with van der Waals surface area (Å²) in [6, 6.07) is 4.25. The molecule has 1 aromatic rings. The van der Waals surface area contributed by atoms with Crippen molar-refractivity contribution in [2.75, 3.05) is 13.6 Å². The molecule has 1 fully saturated rings. The van der Waals surface area contributed by atoms with Gasteiger partial charge in [-0.05, 0) is 47.0 Å². The number of likely N-dealkylation sites (tertiary alicyclic amines) is 1. The predicted molar refractivity (Wildman–Crippen MR) is 85.0 cm³/mol. The van der Waals surface area contributed by atoms with Gasteiger partial charge in [-0.15, -0.1) is 0 Å². The van der Waals surface area contributed by atoms with Gasteiger partial charge in [-0.1, -0.05) is 6.07 Å². The number of carbonyl (C=O) groups excluding carboxylic acids is 2. The lowest BCUT2D eigenvalue weighted by Crippen LogP contribution is -2.46. The first kappa shape index (κ1) is 16.7. The van der Waals surface area contributed by atoms with Crippen LogP contribution in [0.25, 0.3) is 0 Å². The van der Waals surface area contributed by atoms with Crippen LogP contribution in [-0.2, 0) is 11.2 Å². The number of rotatable bonds is 4.